The average Bonchev–Trinajstić information content (AvgIpc) is 3.19. The van der Waals surface area contributed by atoms with Gasteiger partial charge >= 0.3 is 0 Å². The van der Waals surface area contributed by atoms with Crippen LogP contribution in [0.4, 0.5) is 0 Å². The number of hydrogen-bond acceptors (Lipinski definition) is 2. The molecule has 4 nitrogen and oxygen atoms in total. The summed E-state index contributed by atoms with van der Waals surface area (Å²) >= 11 is 6.07. The first-order chi connectivity index (χ1) is 13.6. The zero-order valence-electron chi connectivity index (χ0n) is 15.9. The van der Waals surface area contributed by atoms with Gasteiger partial charge < -0.3 is 9.80 Å². The first-order valence-electron chi connectivity index (χ1n) is 10.0. The van der Waals surface area contributed by atoms with Gasteiger partial charge in [0.1, 0.15) is 0 Å². The van der Waals surface area contributed by atoms with Gasteiger partial charge in [-0.15, -0.1) is 0 Å². The minimum atomic E-state index is -0.191. The fourth-order valence-corrected chi connectivity index (χ4v) is 4.60. The second-order valence-corrected chi connectivity index (χ2v) is 8.17. The van der Waals surface area contributed by atoms with Gasteiger partial charge in [0.05, 0.1) is 5.92 Å². The van der Waals surface area contributed by atoms with Crippen LogP contribution in [0.15, 0.2) is 54.6 Å². The largest absolute Gasteiger partial charge is 0.342 e. The van der Waals surface area contributed by atoms with E-state index >= 15 is 0 Å². The van der Waals surface area contributed by atoms with E-state index in [1.54, 1.807) is 24.3 Å². The summed E-state index contributed by atoms with van der Waals surface area (Å²) in [4.78, 5) is 30.2. The number of hydrogen-bond donors (Lipinski definition) is 0. The number of halogens is 1. The topological polar surface area (TPSA) is 40.6 Å². The molecule has 146 valence electrons. The predicted octanol–water partition coefficient (Wildman–Crippen LogP) is 4.21. The summed E-state index contributed by atoms with van der Waals surface area (Å²) < 4.78 is 0. The highest BCUT2D eigenvalue weighted by atomic mass is 35.5. The second kappa shape index (κ2) is 8.36. The number of likely N-dealkylation sites (tertiary alicyclic amines) is 2. The molecule has 0 saturated carbocycles. The molecule has 5 heteroatoms. The summed E-state index contributed by atoms with van der Waals surface area (Å²) in [5, 5.41) is 0.547. The van der Waals surface area contributed by atoms with Gasteiger partial charge in [-0.05, 0) is 43.0 Å². The van der Waals surface area contributed by atoms with Crippen LogP contribution in [0.3, 0.4) is 0 Å². The Morgan fingerprint density at radius 3 is 2.32 bits per heavy atom. The van der Waals surface area contributed by atoms with Gasteiger partial charge in [0.2, 0.25) is 5.91 Å². The highest BCUT2D eigenvalue weighted by Crippen LogP contribution is 2.35. The molecule has 28 heavy (non-hydrogen) atoms. The summed E-state index contributed by atoms with van der Waals surface area (Å²) in [6.45, 7) is 2.68. The minimum Gasteiger partial charge on any atom is -0.342 e. The maximum atomic E-state index is 13.3. The van der Waals surface area contributed by atoms with Gasteiger partial charge in [0.15, 0.2) is 0 Å². The van der Waals surface area contributed by atoms with Crippen LogP contribution in [0.1, 0.15) is 41.1 Å². The Kier molecular flexibility index (Phi) is 5.67. The van der Waals surface area contributed by atoms with E-state index in [9.17, 15) is 9.59 Å². The highest BCUT2D eigenvalue weighted by Gasteiger charge is 2.42. The molecule has 0 N–H and O–H groups in total. The number of carbonyl (C=O) groups excluding carboxylic acids is 2. The highest BCUT2D eigenvalue weighted by molar-refractivity contribution is 6.30. The SMILES string of the molecule is O=C(c1cccc(Cl)c1)N1CC(C(=O)N2CCCCC2)C(c2ccccc2)C1. The van der Waals surface area contributed by atoms with E-state index in [1.165, 1.54) is 6.42 Å². The third-order valence-corrected chi connectivity index (χ3v) is 6.13. The van der Waals surface area contributed by atoms with Crippen LogP contribution in [0.2, 0.25) is 5.02 Å². The molecule has 4 rings (SSSR count). The van der Waals surface area contributed by atoms with Gasteiger partial charge in [-0.25, -0.2) is 0 Å². The lowest BCUT2D eigenvalue weighted by atomic mass is 9.87. The van der Waals surface area contributed by atoms with Crippen molar-refractivity contribution in [1.29, 1.82) is 0 Å². The van der Waals surface area contributed by atoms with Crippen molar-refractivity contribution in [2.75, 3.05) is 26.2 Å². The van der Waals surface area contributed by atoms with Crippen molar-refractivity contribution in [3.05, 3.63) is 70.7 Å². The van der Waals surface area contributed by atoms with Gasteiger partial charge in [0, 0.05) is 42.7 Å². The zero-order chi connectivity index (χ0) is 19.5. The van der Waals surface area contributed by atoms with Crippen LogP contribution >= 0.6 is 11.6 Å². The molecule has 2 unspecified atom stereocenters. The first-order valence-corrected chi connectivity index (χ1v) is 10.4. The average molecular weight is 397 g/mol. The number of amides is 2. The van der Waals surface area contributed by atoms with Gasteiger partial charge in [0.25, 0.3) is 5.91 Å². The van der Waals surface area contributed by atoms with Crippen molar-refractivity contribution in [3.8, 4) is 0 Å². The van der Waals surface area contributed by atoms with E-state index in [1.807, 2.05) is 28.0 Å². The molecule has 0 radical (unpaired) electrons. The minimum absolute atomic E-state index is 0.0266. The molecule has 2 saturated heterocycles. The summed E-state index contributed by atoms with van der Waals surface area (Å²) in [5.41, 5.74) is 1.70. The molecule has 2 atom stereocenters. The Bertz CT molecular complexity index is 849. The van der Waals surface area contributed by atoms with E-state index in [2.05, 4.69) is 12.1 Å². The third kappa shape index (κ3) is 3.93. The maximum absolute atomic E-state index is 13.3. The van der Waals surface area contributed by atoms with Crippen molar-refractivity contribution in [3.63, 3.8) is 0 Å². The molecule has 2 fully saturated rings. The monoisotopic (exact) mass is 396 g/mol. The molecule has 2 aromatic carbocycles. The van der Waals surface area contributed by atoms with Crippen LogP contribution in [-0.4, -0.2) is 47.8 Å². The standard InChI is InChI=1S/C23H25ClN2O2/c24-19-11-7-10-18(14-19)22(27)26-15-20(17-8-3-1-4-9-17)21(16-26)23(28)25-12-5-2-6-13-25/h1,3-4,7-11,14,20-21H,2,5-6,12-13,15-16H2. The Labute approximate surface area is 171 Å². The van der Waals surface area contributed by atoms with E-state index in [4.69, 9.17) is 11.6 Å². The third-order valence-electron chi connectivity index (χ3n) is 5.89. The van der Waals surface area contributed by atoms with E-state index in [0.29, 0.717) is 23.7 Å². The van der Waals surface area contributed by atoms with Crippen molar-refractivity contribution in [1.82, 2.24) is 9.80 Å². The predicted molar refractivity (Wildman–Crippen MR) is 110 cm³/mol. The maximum Gasteiger partial charge on any atom is 0.253 e. The molecule has 0 bridgehead atoms. The van der Waals surface area contributed by atoms with Gasteiger partial charge in [-0.2, -0.15) is 0 Å². The number of rotatable bonds is 3. The summed E-state index contributed by atoms with van der Waals surface area (Å²) in [6, 6.07) is 17.1. The molecule has 0 aliphatic carbocycles. The summed E-state index contributed by atoms with van der Waals surface area (Å²) in [7, 11) is 0. The second-order valence-electron chi connectivity index (χ2n) is 7.73. The summed E-state index contributed by atoms with van der Waals surface area (Å²) in [5.74, 6) is -0.0327. The lowest BCUT2D eigenvalue weighted by Gasteiger charge is -2.30. The van der Waals surface area contributed by atoms with Crippen molar-refractivity contribution in [2.45, 2.75) is 25.2 Å². The lowest BCUT2D eigenvalue weighted by molar-refractivity contribution is -0.136. The molecule has 2 aliphatic rings. The van der Waals surface area contributed by atoms with Crippen LogP contribution in [-0.2, 0) is 4.79 Å². The Hall–Kier alpha value is -2.33. The number of benzene rings is 2. The molecule has 2 aliphatic heterocycles. The van der Waals surface area contributed by atoms with E-state index < -0.39 is 0 Å². The normalized spacial score (nSPS) is 22.3. The number of piperidine rings is 1. The number of carbonyl (C=O) groups is 2. The van der Waals surface area contributed by atoms with Crippen molar-refractivity contribution in [2.24, 2.45) is 5.92 Å². The van der Waals surface area contributed by atoms with Crippen LogP contribution in [0.5, 0.6) is 0 Å². The summed E-state index contributed by atoms with van der Waals surface area (Å²) in [6.07, 6.45) is 3.33. The smallest absolute Gasteiger partial charge is 0.253 e. The fraction of sp³-hybridized carbons (Fsp3) is 0.391. The quantitative estimate of drug-likeness (QED) is 0.779. The Balaban J connectivity index is 1.59. The molecule has 2 heterocycles. The molecular formula is C23H25ClN2O2. The van der Waals surface area contributed by atoms with Crippen LogP contribution < -0.4 is 0 Å². The van der Waals surface area contributed by atoms with Crippen LogP contribution in [0.25, 0.3) is 0 Å². The molecule has 0 aromatic heterocycles. The first kappa shape index (κ1) is 19.0. The molecule has 0 spiro atoms. The fourth-order valence-electron chi connectivity index (χ4n) is 4.41. The van der Waals surface area contributed by atoms with E-state index in [0.717, 1.165) is 31.5 Å². The molecular weight excluding hydrogens is 372 g/mol. The zero-order valence-corrected chi connectivity index (χ0v) is 16.6. The Morgan fingerprint density at radius 2 is 1.61 bits per heavy atom. The van der Waals surface area contributed by atoms with Gasteiger partial charge in [-0.3, -0.25) is 9.59 Å². The number of nitrogens with zero attached hydrogens (tertiary/aromatic N) is 2. The van der Waals surface area contributed by atoms with Crippen molar-refractivity contribution < 1.29 is 9.59 Å². The molecule has 2 aromatic rings. The lowest BCUT2D eigenvalue weighted by Crippen LogP contribution is -2.42. The van der Waals surface area contributed by atoms with Crippen molar-refractivity contribution >= 4 is 23.4 Å². The van der Waals surface area contributed by atoms with E-state index in [-0.39, 0.29) is 23.7 Å². The molecule has 2 amide bonds. The van der Waals surface area contributed by atoms with Crippen LogP contribution in [0, 0.1) is 5.92 Å². The Morgan fingerprint density at radius 1 is 0.857 bits per heavy atom. The van der Waals surface area contributed by atoms with Gasteiger partial charge in [-0.1, -0.05) is 48.0 Å².